The second kappa shape index (κ2) is 5.80. The second-order valence-corrected chi connectivity index (χ2v) is 4.88. The lowest BCUT2D eigenvalue weighted by Crippen LogP contribution is -2.13. The van der Waals surface area contributed by atoms with Crippen LogP contribution in [0.5, 0.6) is 0 Å². The van der Waals surface area contributed by atoms with Crippen LogP contribution >= 0.6 is 11.6 Å². The minimum atomic E-state index is -0.603. The molecule has 0 saturated carbocycles. The summed E-state index contributed by atoms with van der Waals surface area (Å²) in [6, 6.07) is 9.01. The van der Waals surface area contributed by atoms with Gasteiger partial charge >= 0.3 is 0 Å². The zero-order chi connectivity index (χ0) is 15.6. The summed E-state index contributed by atoms with van der Waals surface area (Å²) >= 11 is 6.03. The Labute approximate surface area is 125 Å². The lowest BCUT2D eigenvalue weighted by atomic mass is 10.1. The van der Waals surface area contributed by atoms with E-state index in [-0.39, 0.29) is 16.9 Å². The highest BCUT2D eigenvalue weighted by Crippen LogP contribution is 2.25. The van der Waals surface area contributed by atoms with Gasteiger partial charge in [-0.1, -0.05) is 17.7 Å². The van der Waals surface area contributed by atoms with Gasteiger partial charge in [0.1, 0.15) is 5.69 Å². The van der Waals surface area contributed by atoms with Crippen molar-refractivity contribution in [1.29, 1.82) is 0 Å². The molecule has 0 unspecified atom stereocenters. The number of amides is 1. The molecule has 0 aromatic heterocycles. The highest BCUT2D eigenvalue weighted by atomic mass is 35.5. The first-order valence-electron chi connectivity index (χ1n) is 6.00. The van der Waals surface area contributed by atoms with Crippen LogP contribution in [0, 0.1) is 17.0 Å². The van der Waals surface area contributed by atoms with Gasteiger partial charge in [-0.25, -0.2) is 0 Å². The molecule has 0 fully saturated rings. The molecule has 0 aliphatic carbocycles. The Morgan fingerprint density at radius 2 is 2.00 bits per heavy atom. The maximum Gasteiger partial charge on any atom is 0.292 e. The molecule has 0 saturated heterocycles. The fourth-order valence-corrected chi connectivity index (χ4v) is 2.06. The summed E-state index contributed by atoms with van der Waals surface area (Å²) in [5.41, 5.74) is 6.90. The largest absolute Gasteiger partial charge is 0.393 e. The molecular formula is C14H12ClN3O3. The lowest BCUT2D eigenvalue weighted by molar-refractivity contribution is -0.383. The van der Waals surface area contributed by atoms with E-state index in [4.69, 9.17) is 17.3 Å². The molecule has 21 heavy (non-hydrogen) atoms. The molecule has 2 rings (SSSR count). The average Bonchev–Trinajstić information content (AvgIpc) is 2.41. The van der Waals surface area contributed by atoms with Crippen molar-refractivity contribution in [3.8, 4) is 0 Å². The first-order chi connectivity index (χ1) is 9.88. The Bertz CT molecular complexity index is 731. The number of carbonyl (C=O) groups is 1. The van der Waals surface area contributed by atoms with Crippen molar-refractivity contribution in [2.24, 2.45) is 0 Å². The second-order valence-electron chi connectivity index (χ2n) is 4.47. The monoisotopic (exact) mass is 305 g/mol. The summed E-state index contributed by atoms with van der Waals surface area (Å²) in [4.78, 5) is 22.2. The van der Waals surface area contributed by atoms with E-state index < -0.39 is 10.8 Å². The predicted octanol–water partition coefficient (Wildman–Crippen LogP) is 3.39. The van der Waals surface area contributed by atoms with Crippen molar-refractivity contribution in [1.82, 2.24) is 0 Å². The fourth-order valence-electron chi connectivity index (χ4n) is 1.78. The Kier molecular flexibility index (Phi) is 4.09. The Morgan fingerprint density at radius 1 is 1.29 bits per heavy atom. The third kappa shape index (κ3) is 3.29. The Hall–Kier alpha value is -2.60. The van der Waals surface area contributed by atoms with Crippen molar-refractivity contribution >= 4 is 34.6 Å². The Balaban J connectivity index is 2.24. The number of nitrogen functional groups attached to an aromatic ring is 1. The summed E-state index contributed by atoms with van der Waals surface area (Å²) in [5, 5.41) is 13.7. The first kappa shape index (κ1) is 14.8. The van der Waals surface area contributed by atoms with Crippen molar-refractivity contribution < 1.29 is 9.72 Å². The number of nitro groups is 1. The highest BCUT2D eigenvalue weighted by Gasteiger charge is 2.15. The van der Waals surface area contributed by atoms with Crippen molar-refractivity contribution in [2.45, 2.75) is 6.92 Å². The molecule has 0 radical (unpaired) electrons. The maximum absolute atomic E-state index is 12.1. The van der Waals surface area contributed by atoms with E-state index in [0.717, 1.165) is 5.56 Å². The minimum absolute atomic E-state index is 0.0670. The molecule has 3 N–H and O–H groups in total. The van der Waals surface area contributed by atoms with Gasteiger partial charge < -0.3 is 11.1 Å². The van der Waals surface area contributed by atoms with Gasteiger partial charge in [-0.15, -0.1) is 0 Å². The number of benzene rings is 2. The standard InChI is InChI=1S/C14H12ClN3O3/c1-8-2-4-12(10(15)6-8)17-14(19)9-3-5-13(18(20)21)11(16)7-9/h2-7H,16H2,1H3,(H,17,19). The number of halogens is 1. The van der Waals surface area contributed by atoms with E-state index in [1.54, 1.807) is 12.1 Å². The van der Waals surface area contributed by atoms with E-state index in [2.05, 4.69) is 5.32 Å². The normalized spacial score (nSPS) is 10.2. The molecule has 0 bridgehead atoms. The number of anilines is 2. The molecule has 0 spiro atoms. The molecular weight excluding hydrogens is 294 g/mol. The first-order valence-corrected chi connectivity index (χ1v) is 6.37. The zero-order valence-electron chi connectivity index (χ0n) is 11.1. The van der Waals surface area contributed by atoms with Crippen LogP contribution in [0.15, 0.2) is 36.4 Å². The molecule has 0 atom stereocenters. The summed E-state index contributed by atoms with van der Waals surface area (Å²) in [5.74, 6) is -0.442. The van der Waals surface area contributed by atoms with Crippen LogP contribution in [-0.2, 0) is 0 Å². The van der Waals surface area contributed by atoms with Gasteiger partial charge in [0, 0.05) is 11.6 Å². The van der Waals surface area contributed by atoms with Crippen LogP contribution in [-0.4, -0.2) is 10.8 Å². The van der Waals surface area contributed by atoms with E-state index in [9.17, 15) is 14.9 Å². The number of nitrogens with one attached hydrogen (secondary N) is 1. The average molecular weight is 306 g/mol. The smallest absolute Gasteiger partial charge is 0.292 e. The Morgan fingerprint density at radius 3 is 2.57 bits per heavy atom. The van der Waals surface area contributed by atoms with Gasteiger partial charge in [0.2, 0.25) is 0 Å². The van der Waals surface area contributed by atoms with Crippen LogP contribution in [0.3, 0.4) is 0 Å². The highest BCUT2D eigenvalue weighted by molar-refractivity contribution is 6.34. The summed E-state index contributed by atoms with van der Waals surface area (Å²) in [6.45, 7) is 1.88. The van der Waals surface area contributed by atoms with Crippen LogP contribution in [0.2, 0.25) is 5.02 Å². The molecule has 1 amide bonds. The topological polar surface area (TPSA) is 98.3 Å². The molecule has 2 aromatic carbocycles. The molecule has 2 aromatic rings. The number of nitrogens with zero attached hydrogens (tertiary/aromatic N) is 1. The molecule has 0 aliphatic rings. The van der Waals surface area contributed by atoms with E-state index in [1.807, 2.05) is 13.0 Å². The SMILES string of the molecule is Cc1ccc(NC(=O)c2ccc([N+](=O)[O-])c(N)c2)c(Cl)c1. The van der Waals surface area contributed by atoms with E-state index in [0.29, 0.717) is 10.7 Å². The zero-order valence-corrected chi connectivity index (χ0v) is 11.8. The summed E-state index contributed by atoms with van der Waals surface area (Å²) in [7, 11) is 0. The number of nitro benzene ring substituents is 1. The van der Waals surface area contributed by atoms with Crippen molar-refractivity contribution in [3.63, 3.8) is 0 Å². The number of rotatable bonds is 3. The van der Waals surface area contributed by atoms with E-state index in [1.165, 1.54) is 18.2 Å². The lowest BCUT2D eigenvalue weighted by Gasteiger charge is -2.08. The van der Waals surface area contributed by atoms with Crippen LogP contribution in [0.1, 0.15) is 15.9 Å². The molecule has 108 valence electrons. The van der Waals surface area contributed by atoms with Gasteiger partial charge in [-0.2, -0.15) is 0 Å². The summed E-state index contributed by atoms with van der Waals surface area (Å²) < 4.78 is 0. The molecule has 6 nitrogen and oxygen atoms in total. The van der Waals surface area contributed by atoms with Crippen molar-refractivity contribution in [3.05, 3.63) is 62.7 Å². The number of hydrogen-bond acceptors (Lipinski definition) is 4. The van der Waals surface area contributed by atoms with Gasteiger partial charge in [-0.3, -0.25) is 14.9 Å². The third-order valence-corrected chi connectivity index (χ3v) is 3.17. The summed E-state index contributed by atoms with van der Waals surface area (Å²) in [6.07, 6.45) is 0. The number of hydrogen-bond donors (Lipinski definition) is 2. The molecule has 0 heterocycles. The van der Waals surface area contributed by atoms with Gasteiger partial charge in [-0.05, 0) is 36.8 Å². The van der Waals surface area contributed by atoms with Gasteiger partial charge in [0.15, 0.2) is 0 Å². The maximum atomic E-state index is 12.1. The van der Waals surface area contributed by atoms with Gasteiger partial charge in [0.05, 0.1) is 15.6 Å². The molecule has 7 heteroatoms. The fraction of sp³-hybridized carbons (Fsp3) is 0.0714. The quantitative estimate of drug-likeness (QED) is 0.516. The number of nitrogens with two attached hydrogens (primary N) is 1. The molecule has 0 aliphatic heterocycles. The van der Waals surface area contributed by atoms with Crippen LogP contribution in [0.4, 0.5) is 17.1 Å². The van der Waals surface area contributed by atoms with Crippen LogP contribution in [0.25, 0.3) is 0 Å². The van der Waals surface area contributed by atoms with Crippen molar-refractivity contribution in [2.75, 3.05) is 11.1 Å². The van der Waals surface area contributed by atoms with E-state index >= 15 is 0 Å². The van der Waals surface area contributed by atoms with Crippen LogP contribution < -0.4 is 11.1 Å². The number of carbonyl (C=O) groups excluding carboxylic acids is 1. The number of aryl methyl sites for hydroxylation is 1. The predicted molar refractivity (Wildman–Crippen MR) is 81.7 cm³/mol. The third-order valence-electron chi connectivity index (χ3n) is 2.86. The minimum Gasteiger partial charge on any atom is -0.393 e. The van der Waals surface area contributed by atoms with Gasteiger partial charge in [0.25, 0.3) is 11.6 Å².